The second-order valence-electron chi connectivity index (χ2n) is 13.1. The summed E-state index contributed by atoms with van der Waals surface area (Å²) in [7, 11) is 0. The number of aromatic nitrogens is 4. The van der Waals surface area contributed by atoms with E-state index in [1.54, 1.807) is 0 Å². The van der Waals surface area contributed by atoms with E-state index in [0.717, 1.165) is 61.3 Å². The Hall–Kier alpha value is -7.30. The van der Waals surface area contributed by atoms with Crippen molar-refractivity contribution in [3.05, 3.63) is 206 Å². The molecular weight excluding hydrogens is 657 g/mol. The number of nitrogens with zero attached hydrogens (tertiary/aromatic N) is 4. The minimum absolute atomic E-state index is 0.609. The van der Waals surface area contributed by atoms with E-state index in [1.165, 1.54) is 11.1 Å². The molecule has 254 valence electrons. The van der Waals surface area contributed by atoms with E-state index in [2.05, 4.69) is 176 Å². The van der Waals surface area contributed by atoms with Crippen LogP contribution in [0.5, 0.6) is 0 Å². The molecule has 2 aromatic heterocycles. The van der Waals surface area contributed by atoms with Gasteiger partial charge in [-0.3, -0.25) is 4.98 Å². The van der Waals surface area contributed by atoms with Gasteiger partial charge in [-0.1, -0.05) is 194 Å². The van der Waals surface area contributed by atoms with Gasteiger partial charge in [0, 0.05) is 34.0 Å². The lowest BCUT2D eigenvalue weighted by Crippen LogP contribution is -2.00. The maximum absolute atomic E-state index is 5.03. The third-order valence-corrected chi connectivity index (χ3v) is 9.65. The van der Waals surface area contributed by atoms with Crippen molar-refractivity contribution in [2.24, 2.45) is 0 Å². The summed E-state index contributed by atoms with van der Waals surface area (Å²) in [4.78, 5) is 20.0. The van der Waals surface area contributed by atoms with Crippen molar-refractivity contribution in [3.8, 4) is 89.9 Å². The van der Waals surface area contributed by atoms with Crippen LogP contribution in [-0.2, 0) is 0 Å². The van der Waals surface area contributed by atoms with E-state index in [9.17, 15) is 0 Å². The van der Waals surface area contributed by atoms with Gasteiger partial charge in [-0.2, -0.15) is 0 Å². The maximum atomic E-state index is 5.03. The molecule has 9 rings (SSSR count). The predicted molar refractivity (Wildman–Crippen MR) is 221 cm³/mol. The molecule has 0 spiro atoms. The molecular formula is C50H34N4. The Balaban J connectivity index is 1.09. The first-order valence-electron chi connectivity index (χ1n) is 18.0. The molecule has 0 bridgehead atoms. The van der Waals surface area contributed by atoms with Crippen LogP contribution in [0.25, 0.3) is 89.9 Å². The number of pyridine rings is 1. The fourth-order valence-corrected chi connectivity index (χ4v) is 6.76. The molecule has 0 saturated heterocycles. The molecule has 0 fully saturated rings. The van der Waals surface area contributed by atoms with Crippen molar-refractivity contribution in [1.29, 1.82) is 0 Å². The van der Waals surface area contributed by atoms with E-state index >= 15 is 0 Å². The van der Waals surface area contributed by atoms with Crippen molar-refractivity contribution >= 4 is 0 Å². The van der Waals surface area contributed by atoms with Gasteiger partial charge in [-0.15, -0.1) is 0 Å². The molecule has 0 aliphatic heterocycles. The summed E-state index contributed by atoms with van der Waals surface area (Å²) in [6.45, 7) is 0. The molecule has 7 aromatic carbocycles. The van der Waals surface area contributed by atoms with Gasteiger partial charge in [0.05, 0.1) is 5.69 Å². The Morgan fingerprint density at radius 1 is 0.241 bits per heavy atom. The summed E-state index contributed by atoms with van der Waals surface area (Å²) in [5.41, 5.74) is 13.8. The standard InChI is InChI=1S/C50H34N4/c1-5-13-35(14-6-1)37-21-27-42(28-22-37)48-52-49(43-29-23-38(24-30-43)36-15-7-2-8-16-36)54-50(53-48)44-31-25-41(26-32-44)47-33-45(39-17-9-3-10-18-39)46(34-51-47)40-19-11-4-12-20-40/h1-34H. The van der Waals surface area contributed by atoms with E-state index in [1.807, 2.05) is 30.5 Å². The molecule has 9 aromatic rings. The SMILES string of the molecule is c1ccc(-c2ccc(-c3nc(-c4ccc(-c5ccccc5)cc4)nc(-c4ccc(-c5cc(-c6ccccc6)c(-c6ccccc6)cn5)cc4)n3)cc2)cc1. The van der Waals surface area contributed by atoms with Crippen molar-refractivity contribution in [2.75, 3.05) is 0 Å². The lowest BCUT2D eigenvalue weighted by Gasteiger charge is -2.13. The largest absolute Gasteiger partial charge is 0.256 e. The summed E-state index contributed by atoms with van der Waals surface area (Å²) >= 11 is 0. The second kappa shape index (κ2) is 14.7. The van der Waals surface area contributed by atoms with Crippen LogP contribution in [0.15, 0.2) is 206 Å². The van der Waals surface area contributed by atoms with Crippen molar-refractivity contribution < 1.29 is 0 Å². The Kier molecular flexibility index (Phi) is 8.90. The molecule has 0 N–H and O–H groups in total. The van der Waals surface area contributed by atoms with Crippen LogP contribution in [0.1, 0.15) is 0 Å². The van der Waals surface area contributed by atoms with Gasteiger partial charge in [-0.05, 0) is 45.0 Å². The van der Waals surface area contributed by atoms with Crippen LogP contribution >= 0.6 is 0 Å². The first-order chi connectivity index (χ1) is 26.7. The van der Waals surface area contributed by atoms with E-state index < -0.39 is 0 Å². The minimum atomic E-state index is 0.609. The summed E-state index contributed by atoms with van der Waals surface area (Å²) in [5.74, 6) is 1.85. The highest BCUT2D eigenvalue weighted by Gasteiger charge is 2.15. The fourth-order valence-electron chi connectivity index (χ4n) is 6.76. The Morgan fingerprint density at radius 3 is 0.926 bits per heavy atom. The molecule has 4 nitrogen and oxygen atoms in total. The molecule has 0 unspecified atom stereocenters. The highest BCUT2D eigenvalue weighted by molar-refractivity contribution is 5.85. The number of hydrogen-bond donors (Lipinski definition) is 0. The third kappa shape index (κ3) is 6.84. The van der Waals surface area contributed by atoms with E-state index in [4.69, 9.17) is 19.9 Å². The minimum Gasteiger partial charge on any atom is -0.256 e. The van der Waals surface area contributed by atoms with Gasteiger partial charge < -0.3 is 0 Å². The summed E-state index contributed by atoms with van der Waals surface area (Å²) in [6, 6.07) is 69.0. The zero-order valence-electron chi connectivity index (χ0n) is 29.4. The number of hydrogen-bond acceptors (Lipinski definition) is 4. The average Bonchev–Trinajstić information content (AvgIpc) is 3.27. The van der Waals surface area contributed by atoms with Gasteiger partial charge in [0.1, 0.15) is 0 Å². The van der Waals surface area contributed by atoms with Gasteiger partial charge in [0.15, 0.2) is 17.5 Å². The maximum Gasteiger partial charge on any atom is 0.164 e. The number of benzene rings is 7. The number of rotatable bonds is 8. The van der Waals surface area contributed by atoms with E-state index in [-0.39, 0.29) is 0 Å². The lowest BCUT2D eigenvalue weighted by molar-refractivity contribution is 1.07. The first-order valence-corrected chi connectivity index (χ1v) is 18.0. The molecule has 54 heavy (non-hydrogen) atoms. The molecule has 0 amide bonds. The topological polar surface area (TPSA) is 51.6 Å². The van der Waals surface area contributed by atoms with Gasteiger partial charge in [0.25, 0.3) is 0 Å². The lowest BCUT2D eigenvalue weighted by atomic mass is 9.94. The molecule has 4 heteroatoms. The molecule has 0 aliphatic carbocycles. The highest BCUT2D eigenvalue weighted by atomic mass is 15.0. The second-order valence-corrected chi connectivity index (χ2v) is 13.1. The van der Waals surface area contributed by atoms with Crippen molar-refractivity contribution in [3.63, 3.8) is 0 Å². The first kappa shape index (κ1) is 32.6. The zero-order chi connectivity index (χ0) is 36.1. The van der Waals surface area contributed by atoms with Gasteiger partial charge >= 0.3 is 0 Å². The van der Waals surface area contributed by atoms with Crippen LogP contribution in [0.4, 0.5) is 0 Å². The van der Waals surface area contributed by atoms with E-state index in [0.29, 0.717) is 17.5 Å². The molecule has 2 heterocycles. The quantitative estimate of drug-likeness (QED) is 0.159. The van der Waals surface area contributed by atoms with Crippen molar-refractivity contribution in [1.82, 2.24) is 19.9 Å². The van der Waals surface area contributed by atoms with Gasteiger partial charge in [0.2, 0.25) is 0 Å². The Bertz CT molecular complexity index is 2540. The molecule has 0 aliphatic rings. The van der Waals surface area contributed by atoms with Crippen LogP contribution in [0, 0.1) is 0 Å². The normalized spacial score (nSPS) is 11.0. The average molecular weight is 691 g/mol. The van der Waals surface area contributed by atoms with Gasteiger partial charge in [-0.25, -0.2) is 15.0 Å². The Morgan fingerprint density at radius 2 is 0.537 bits per heavy atom. The monoisotopic (exact) mass is 690 g/mol. The third-order valence-electron chi connectivity index (χ3n) is 9.65. The van der Waals surface area contributed by atoms with Crippen LogP contribution < -0.4 is 0 Å². The zero-order valence-corrected chi connectivity index (χ0v) is 29.4. The predicted octanol–water partition coefficient (Wildman–Crippen LogP) is 12.6. The summed E-state index contributed by atoms with van der Waals surface area (Å²) in [6.07, 6.45) is 1.98. The van der Waals surface area contributed by atoms with Crippen molar-refractivity contribution in [2.45, 2.75) is 0 Å². The molecule has 0 atom stereocenters. The van der Waals surface area contributed by atoms with Crippen LogP contribution in [0.2, 0.25) is 0 Å². The summed E-state index contributed by atoms with van der Waals surface area (Å²) < 4.78 is 0. The molecule has 0 saturated carbocycles. The molecule has 0 radical (unpaired) electrons. The summed E-state index contributed by atoms with van der Waals surface area (Å²) in [5, 5.41) is 0. The Labute approximate surface area is 315 Å². The van der Waals surface area contributed by atoms with Crippen LogP contribution in [0.3, 0.4) is 0 Å². The highest BCUT2D eigenvalue weighted by Crippen LogP contribution is 2.35. The van der Waals surface area contributed by atoms with Crippen LogP contribution in [-0.4, -0.2) is 19.9 Å². The smallest absolute Gasteiger partial charge is 0.164 e. The fraction of sp³-hybridized carbons (Fsp3) is 0.